The molecule has 0 saturated carbocycles. The molecule has 1 heterocycles. The monoisotopic (exact) mass is 265 g/mol. The molecule has 0 amide bonds. The van der Waals surface area contributed by atoms with Gasteiger partial charge in [-0.05, 0) is 11.1 Å². The summed E-state index contributed by atoms with van der Waals surface area (Å²) in [7, 11) is 0. The minimum absolute atomic E-state index is 0.192. The highest BCUT2D eigenvalue weighted by atomic mass is 16.3. The fourth-order valence-electron chi connectivity index (χ4n) is 2.85. The molecular weight excluding hydrogens is 246 g/mol. The summed E-state index contributed by atoms with van der Waals surface area (Å²) in [6, 6.07) is 21.1. The Bertz CT molecular complexity index is 533. The molecule has 1 N–H and O–H groups in total. The molecule has 0 spiro atoms. The second-order valence-electron chi connectivity index (χ2n) is 5.44. The molecule has 0 unspecified atom stereocenters. The van der Waals surface area contributed by atoms with E-state index in [1.807, 2.05) is 12.1 Å². The van der Waals surface area contributed by atoms with E-state index in [9.17, 15) is 5.11 Å². The molecule has 1 aliphatic rings. The molecule has 3 rings (SSSR count). The van der Waals surface area contributed by atoms with E-state index in [0.29, 0.717) is 13.1 Å². The van der Waals surface area contributed by atoms with Gasteiger partial charge in [0, 0.05) is 13.1 Å². The molecule has 2 aromatic carbocycles. The van der Waals surface area contributed by atoms with Crippen LogP contribution < -0.4 is 0 Å². The number of rotatable bonds is 4. The van der Waals surface area contributed by atoms with Gasteiger partial charge in [0.15, 0.2) is 0 Å². The van der Waals surface area contributed by atoms with Gasteiger partial charge in [0.1, 0.15) is 5.60 Å². The molecule has 2 aromatic rings. The quantitative estimate of drug-likeness (QED) is 0.859. The molecule has 102 valence electrons. The highest BCUT2D eigenvalue weighted by Crippen LogP contribution is 2.36. The minimum atomic E-state index is -0.734. The van der Waals surface area contributed by atoms with E-state index < -0.39 is 5.60 Å². The average Bonchev–Trinajstić information content (AvgIpc) is 2.48. The van der Waals surface area contributed by atoms with Gasteiger partial charge in [0.05, 0.1) is 6.04 Å². The lowest BCUT2D eigenvalue weighted by Crippen LogP contribution is -2.61. The lowest BCUT2D eigenvalue weighted by Gasteiger charge is -2.49. The molecule has 0 aromatic heterocycles. The maximum absolute atomic E-state index is 10.2. The standard InChI is InChI=1S/C18H19NO/c1-2-18(20)13-19(14-18)17(15-9-5-3-6-10-15)16-11-7-4-8-12-16/h2-12,17,20H,1,13-14H2. The zero-order valence-corrected chi connectivity index (χ0v) is 11.4. The summed E-state index contributed by atoms with van der Waals surface area (Å²) in [4.78, 5) is 2.28. The highest BCUT2D eigenvalue weighted by Gasteiger charge is 2.42. The minimum Gasteiger partial charge on any atom is -0.383 e. The van der Waals surface area contributed by atoms with Gasteiger partial charge in [-0.2, -0.15) is 0 Å². The number of aliphatic hydroxyl groups is 1. The Balaban J connectivity index is 1.92. The summed E-state index contributed by atoms with van der Waals surface area (Å²) in [6.07, 6.45) is 1.65. The lowest BCUT2D eigenvalue weighted by molar-refractivity contribution is -0.0747. The van der Waals surface area contributed by atoms with Crippen LogP contribution in [0.15, 0.2) is 73.3 Å². The van der Waals surface area contributed by atoms with Crippen molar-refractivity contribution in [2.45, 2.75) is 11.6 Å². The Hall–Kier alpha value is -1.90. The Morgan fingerprint density at radius 3 is 1.80 bits per heavy atom. The van der Waals surface area contributed by atoms with Crippen LogP contribution in [0, 0.1) is 0 Å². The second-order valence-corrected chi connectivity index (χ2v) is 5.44. The van der Waals surface area contributed by atoms with Crippen molar-refractivity contribution in [3.63, 3.8) is 0 Å². The van der Waals surface area contributed by atoms with Crippen LogP contribution in [0.25, 0.3) is 0 Å². The SMILES string of the molecule is C=CC1(O)CN(C(c2ccccc2)c2ccccc2)C1. The van der Waals surface area contributed by atoms with Crippen molar-refractivity contribution in [2.24, 2.45) is 0 Å². The fourth-order valence-corrected chi connectivity index (χ4v) is 2.85. The van der Waals surface area contributed by atoms with Crippen LogP contribution in [0.5, 0.6) is 0 Å². The fraction of sp³-hybridized carbons (Fsp3) is 0.222. The van der Waals surface area contributed by atoms with Crippen molar-refractivity contribution in [1.29, 1.82) is 0 Å². The van der Waals surface area contributed by atoms with Crippen molar-refractivity contribution in [3.8, 4) is 0 Å². The molecule has 0 aliphatic carbocycles. The van der Waals surface area contributed by atoms with Gasteiger partial charge in [0.25, 0.3) is 0 Å². The maximum Gasteiger partial charge on any atom is 0.108 e. The summed E-state index contributed by atoms with van der Waals surface area (Å²) >= 11 is 0. The zero-order chi connectivity index (χ0) is 14.0. The molecule has 0 bridgehead atoms. The van der Waals surface area contributed by atoms with Crippen LogP contribution in [-0.4, -0.2) is 28.7 Å². The van der Waals surface area contributed by atoms with Gasteiger partial charge in [0.2, 0.25) is 0 Å². The van der Waals surface area contributed by atoms with Gasteiger partial charge in [-0.15, -0.1) is 6.58 Å². The molecule has 0 atom stereocenters. The predicted octanol–water partition coefficient (Wildman–Crippen LogP) is 3.01. The van der Waals surface area contributed by atoms with Crippen LogP contribution in [0.4, 0.5) is 0 Å². The number of hydrogen-bond donors (Lipinski definition) is 1. The third-order valence-electron chi connectivity index (χ3n) is 3.93. The van der Waals surface area contributed by atoms with E-state index in [-0.39, 0.29) is 6.04 Å². The normalized spacial score (nSPS) is 17.7. The first-order valence-corrected chi connectivity index (χ1v) is 6.92. The van der Waals surface area contributed by atoms with E-state index in [2.05, 4.69) is 60.0 Å². The Morgan fingerprint density at radius 2 is 1.40 bits per heavy atom. The van der Waals surface area contributed by atoms with E-state index in [1.165, 1.54) is 11.1 Å². The molecule has 1 aliphatic heterocycles. The third kappa shape index (κ3) is 2.40. The number of benzene rings is 2. The number of nitrogens with zero attached hydrogens (tertiary/aromatic N) is 1. The topological polar surface area (TPSA) is 23.5 Å². The van der Waals surface area contributed by atoms with Gasteiger partial charge < -0.3 is 5.11 Å². The van der Waals surface area contributed by atoms with Gasteiger partial charge in [-0.25, -0.2) is 0 Å². The molecule has 1 saturated heterocycles. The number of β-amino-alcohol motifs (C(OH)–C–C–N with tert-alkyl or cyclic N) is 1. The molecular formula is C18H19NO. The van der Waals surface area contributed by atoms with E-state index in [0.717, 1.165) is 0 Å². The first-order valence-electron chi connectivity index (χ1n) is 6.92. The van der Waals surface area contributed by atoms with Gasteiger partial charge in [-0.3, -0.25) is 4.90 Å². The molecule has 1 fully saturated rings. The largest absolute Gasteiger partial charge is 0.383 e. The Labute approximate surface area is 120 Å². The van der Waals surface area contributed by atoms with Crippen molar-refractivity contribution >= 4 is 0 Å². The van der Waals surface area contributed by atoms with Crippen LogP contribution in [-0.2, 0) is 0 Å². The molecule has 2 nitrogen and oxygen atoms in total. The van der Waals surface area contributed by atoms with Crippen molar-refractivity contribution in [3.05, 3.63) is 84.4 Å². The van der Waals surface area contributed by atoms with Crippen molar-refractivity contribution < 1.29 is 5.11 Å². The molecule has 2 heteroatoms. The zero-order valence-electron chi connectivity index (χ0n) is 11.4. The summed E-state index contributed by atoms with van der Waals surface area (Å²) in [5.74, 6) is 0. The predicted molar refractivity (Wildman–Crippen MR) is 81.4 cm³/mol. The van der Waals surface area contributed by atoms with Crippen LogP contribution in [0.2, 0.25) is 0 Å². The van der Waals surface area contributed by atoms with E-state index >= 15 is 0 Å². The summed E-state index contributed by atoms with van der Waals surface area (Å²) in [5, 5.41) is 10.2. The van der Waals surface area contributed by atoms with E-state index in [1.54, 1.807) is 6.08 Å². The Kier molecular flexibility index (Phi) is 3.43. The van der Waals surface area contributed by atoms with Gasteiger partial charge >= 0.3 is 0 Å². The van der Waals surface area contributed by atoms with Crippen LogP contribution >= 0.6 is 0 Å². The van der Waals surface area contributed by atoms with Crippen molar-refractivity contribution in [1.82, 2.24) is 4.90 Å². The molecule has 20 heavy (non-hydrogen) atoms. The summed E-state index contributed by atoms with van der Waals surface area (Å²) < 4.78 is 0. The van der Waals surface area contributed by atoms with Crippen molar-refractivity contribution in [2.75, 3.05) is 13.1 Å². The Morgan fingerprint density at radius 1 is 0.950 bits per heavy atom. The van der Waals surface area contributed by atoms with Crippen LogP contribution in [0.3, 0.4) is 0 Å². The summed E-state index contributed by atoms with van der Waals surface area (Å²) in [6.45, 7) is 4.98. The lowest BCUT2D eigenvalue weighted by atomic mass is 9.87. The number of likely N-dealkylation sites (tertiary alicyclic amines) is 1. The molecule has 0 radical (unpaired) electrons. The smallest absolute Gasteiger partial charge is 0.108 e. The third-order valence-corrected chi connectivity index (χ3v) is 3.93. The van der Waals surface area contributed by atoms with Crippen LogP contribution in [0.1, 0.15) is 17.2 Å². The second kappa shape index (κ2) is 5.23. The first-order chi connectivity index (χ1) is 9.72. The first kappa shape index (κ1) is 13.1. The van der Waals surface area contributed by atoms with Gasteiger partial charge in [-0.1, -0.05) is 66.7 Å². The summed E-state index contributed by atoms with van der Waals surface area (Å²) in [5.41, 5.74) is 1.77. The average molecular weight is 265 g/mol. The maximum atomic E-state index is 10.2. The number of hydrogen-bond acceptors (Lipinski definition) is 2. The highest BCUT2D eigenvalue weighted by molar-refractivity contribution is 5.33. The van der Waals surface area contributed by atoms with E-state index in [4.69, 9.17) is 0 Å².